The van der Waals surface area contributed by atoms with E-state index in [2.05, 4.69) is 0 Å². The highest BCUT2D eigenvalue weighted by molar-refractivity contribution is 6.25. The number of imide groups is 1. The van der Waals surface area contributed by atoms with Gasteiger partial charge in [0, 0.05) is 41.6 Å². The summed E-state index contributed by atoms with van der Waals surface area (Å²) >= 11 is 0. The third-order valence-corrected chi connectivity index (χ3v) is 5.03. The molecule has 5 nitrogen and oxygen atoms in total. The topological polar surface area (TPSA) is 57.7 Å². The maximum Gasteiger partial charge on any atom is 0.261 e. The molecule has 0 radical (unpaired) electrons. The fourth-order valence-corrected chi connectivity index (χ4v) is 3.97. The van der Waals surface area contributed by atoms with Crippen LogP contribution < -0.4 is 0 Å². The van der Waals surface area contributed by atoms with Gasteiger partial charge in [0.05, 0.1) is 0 Å². The summed E-state index contributed by atoms with van der Waals surface area (Å²) in [5, 5.41) is 1.62. The third kappa shape index (κ3) is 3.46. The van der Waals surface area contributed by atoms with Crippen molar-refractivity contribution in [2.24, 2.45) is 0 Å². The Kier molecular flexibility index (Phi) is 5.31. The summed E-state index contributed by atoms with van der Waals surface area (Å²) in [6.07, 6.45) is 0.781. The summed E-state index contributed by atoms with van der Waals surface area (Å²) in [6, 6.07) is 11.3. The first-order valence-corrected chi connectivity index (χ1v) is 9.52. The lowest BCUT2D eigenvalue weighted by molar-refractivity contribution is -0.134. The van der Waals surface area contributed by atoms with Gasteiger partial charge < -0.3 is 4.90 Å². The van der Waals surface area contributed by atoms with Crippen LogP contribution in [-0.2, 0) is 4.79 Å². The molecule has 1 aliphatic rings. The van der Waals surface area contributed by atoms with Gasteiger partial charge in [-0.15, -0.1) is 0 Å². The van der Waals surface area contributed by atoms with Crippen molar-refractivity contribution in [3.8, 4) is 0 Å². The van der Waals surface area contributed by atoms with Crippen LogP contribution in [0.5, 0.6) is 0 Å². The standard InChI is InChI=1S/C22H26N2O3/c1-14(2)24(15(3)4)19(25)12-7-13-23-21(26)17-10-5-8-16-9-6-11-18(20(16)17)22(23)27/h5-6,8-11,14-15H,7,12-13H2,1-4H3. The first kappa shape index (κ1) is 19.1. The summed E-state index contributed by atoms with van der Waals surface area (Å²) in [5.41, 5.74) is 1.11. The van der Waals surface area contributed by atoms with Gasteiger partial charge in [-0.3, -0.25) is 19.3 Å². The Balaban J connectivity index is 1.75. The van der Waals surface area contributed by atoms with E-state index in [4.69, 9.17) is 0 Å². The van der Waals surface area contributed by atoms with Gasteiger partial charge in [-0.25, -0.2) is 0 Å². The SMILES string of the molecule is CC(C)N(C(=O)CCCN1C(=O)c2cccc3cccc(c23)C1=O)C(C)C. The van der Waals surface area contributed by atoms with Crippen LogP contribution in [0.4, 0.5) is 0 Å². The molecule has 0 spiro atoms. The zero-order valence-electron chi connectivity index (χ0n) is 16.4. The molecule has 0 N–H and O–H groups in total. The third-order valence-electron chi connectivity index (χ3n) is 5.03. The minimum absolute atomic E-state index is 0.0550. The Hall–Kier alpha value is -2.69. The van der Waals surface area contributed by atoms with Gasteiger partial charge in [0.2, 0.25) is 5.91 Å². The Bertz CT molecular complexity index is 843. The van der Waals surface area contributed by atoms with Crippen LogP contribution in [0, 0.1) is 0 Å². The predicted molar refractivity (Wildman–Crippen MR) is 106 cm³/mol. The van der Waals surface area contributed by atoms with E-state index in [0.717, 1.165) is 10.8 Å². The van der Waals surface area contributed by atoms with Crippen LogP contribution in [0.1, 0.15) is 61.3 Å². The minimum atomic E-state index is -0.277. The van der Waals surface area contributed by atoms with Gasteiger partial charge in [-0.2, -0.15) is 0 Å². The van der Waals surface area contributed by atoms with Crippen LogP contribution in [0.3, 0.4) is 0 Å². The molecule has 1 heterocycles. The molecule has 2 aromatic rings. The maximum atomic E-state index is 12.8. The first-order chi connectivity index (χ1) is 12.8. The quantitative estimate of drug-likeness (QED) is 0.730. The molecule has 2 aromatic carbocycles. The van der Waals surface area contributed by atoms with E-state index >= 15 is 0 Å². The number of hydrogen-bond donors (Lipinski definition) is 0. The number of rotatable bonds is 6. The van der Waals surface area contributed by atoms with Crippen LogP contribution in [0.15, 0.2) is 36.4 Å². The molecule has 0 aliphatic carbocycles. The molecule has 1 aliphatic heterocycles. The number of amides is 3. The van der Waals surface area contributed by atoms with Crippen molar-refractivity contribution in [3.05, 3.63) is 47.5 Å². The summed E-state index contributed by atoms with van der Waals surface area (Å²) in [6.45, 7) is 8.22. The van der Waals surface area contributed by atoms with Crippen molar-refractivity contribution in [3.63, 3.8) is 0 Å². The fourth-order valence-electron chi connectivity index (χ4n) is 3.97. The van der Waals surface area contributed by atoms with E-state index < -0.39 is 0 Å². The molecular formula is C22H26N2O3. The lowest BCUT2D eigenvalue weighted by Crippen LogP contribution is -2.43. The average molecular weight is 366 g/mol. The Morgan fingerprint density at radius 3 is 1.93 bits per heavy atom. The fraction of sp³-hybridized carbons (Fsp3) is 0.409. The van der Waals surface area contributed by atoms with E-state index in [1.165, 1.54) is 4.90 Å². The first-order valence-electron chi connectivity index (χ1n) is 9.52. The number of carbonyl (C=O) groups excluding carboxylic acids is 3. The van der Waals surface area contributed by atoms with Crippen molar-refractivity contribution in [2.45, 2.75) is 52.6 Å². The van der Waals surface area contributed by atoms with Gasteiger partial charge in [0.25, 0.3) is 11.8 Å². The molecule has 3 amide bonds. The summed E-state index contributed by atoms with van der Waals surface area (Å²) in [5.74, 6) is -0.498. The Morgan fingerprint density at radius 2 is 1.44 bits per heavy atom. The Morgan fingerprint density at radius 1 is 0.926 bits per heavy atom. The molecule has 0 aromatic heterocycles. The molecule has 0 fully saturated rings. The number of benzene rings is 2. The van der Waals surface area contributed by atoms with Crippen LogP contribution >= 0.6 is 0 Å². The number of nitrogens with zero attached hydrogens (tertiary/aromatic N) is 2. The summed E-state index contributed by atoms with van der Waals surface area (Å²) < 4.78 is 0. The molecule has 27 heavy (non-hydrogen) atoms. The largest absolute Gasteiger partial charge is 0.338 e. The highest BCUT2D eigenvalue weighted by Crippen LogP contribution is 2.30. The molecule has 142 valence electrons. The van der Waals surface area contributed by atoms with Crippen molar-refractivity contribution in [1.82, 2.24) is 9.80 Å². The van der Waals surface area contributed by atoms with Crippen molar-refractivity contribution in [1.29, 1.82) is 0 Å². The molecule has 0 saturated heterocycles. The second-order valence-electron chi connectivity index (χ2n) is 7.56. The zero-order chi connectivity index (χ0) is 19.7. The van der Waals surface area contributed by atoms with Gasteiger partial charge in [0.1, 0.15) is 0 Å². The second-order valence-corrected chi connectivity index (χ2v) is 7.56. The Labute approximate surface area is 159 Å². The molecule has 3 rings (SSSR count). The van der Waals surface area contributed by atoms with E-state index in [9.17, 15) is 14.4 Å². The van der Waals surface area contributed by atoms with Crippen LogP contribution in [0.25, 0.3) is 10.8 Å². The monoisotopic (exact) mass is 366 g/mol. The molecule has 0 unspecified atom stereocenters. The van der Waals surface area contributed by atoms with E-state index in [1.54, 1.807) is 12.1 Å². The number of carbonyl (C=O) groups is 3. The van der Waals surface area contributed by atoms with Gasteiger partial charge in [-0.05, 0) is 51.6 Å². The van der Waals surface area contributed by atoms with E-state index in [-0.39, 0.29) is 36.3 Å². The number of hydrogen-bond acceptors (Lipinski definition) is 3. The van der Waals surface area contributed by atoms with Gasteiger partial charge in [0.15, 0.2) is 0 Å². The lowest BCUT2D eigenvalue weighted by atomic mass is 9.94. The summed E-state index contributed by atoms with van der Waals surface area (Å²) in [7, 11) is 0. The molecule has 0 bridgehead atoms. The van der Waals surface area contributed by atoms with E-state index in [0.29, 0.717) is 24.0 Å². The minimum Gasteiger partial charge on any atom is -0.338 e. The maximum absolute atomic E-state index is 12.8. The van der Waals surface area contributed by atoms with E-state index in [1.807, 2.05) is 56.9 Å². The smallest absolute Gasteiger partial charge is 0.261 e. The zero-order valence-corrected chi connectivity index (χ0v) is 16.4. The second kappa shape index (κ2) is 7.51. The molecule has 5 heteroatoms. The molecule has 0 atom stereocenters. The van der Waals surface area contributed by atoms with Crippen LogP contribution in [-0.4, -0.2) is 46.1 Å². The van der Waals surface area contributed by atoms with Crippen LogP contribution in [0.2, 0.25) is 0 Å². The highest BCUT2D eigenvalue weighted by Gasteiger charge is 2.32. The molecular weight excluding hydrogens is 340 g/mol. The predicted octanol–water partition coefficient (Wildman–Crippen LogP) is 3.86. The van der Waals surface area contributed by atoms with Gasteiger partial charge >= 0.3 is 0 Å². The van der Waals surface area contributed by atoms with Crippen molar-refractivity contribution in [2.75, 3.05) is 6.54 Å². The highest BCUT2D eigenvalue weighted by atomic mass is 16.2. The van der Waals surface area contributed by atoms with Crippen molar-refractivity contribution >= 4 is 28.5 Å². The van der Waals surface area contributed by atoms with Gasteiger partial charge in [-0.1, -0.05) is 24.3 Å². The average Bonchev–Trinajstić information content (AvgIpc) is 2.61. The molecule has 0 saturated carbocycles. The lowest BCUT2D eigenvalue weighted by Gasteiger charge is -2.31. The van der Waals surface area contributed by atoms with Crippen molar-refractivity contribution < 1.29 is 14.4 Å². The normalized spacial score (nSPS) is 13.8. The summed E-state index contributed by atoms with van der Waals surface area (Å²) in [4.78, 5) is 41.3.